The van der Waals surface area contributed by atoms with Gasteiger partial charge in [0.15, 0.2) is 0 Å². The van der Waals surface area contributed by atoms with Gasteiger partial charge in [-0.25, -0.2) is 5.01 Å². The summed E-state index contributed by atoms with van der Waals surface area (Å²) in [7, 11) is 0. The number of hydrogen-bond acceptors (Lipinski definition) is 2. The second kappa shape index (κ2) is 3.42. The molecule has 2 aliphatic rings. The fourth-order valence-electron chi connectivity index (χ4n) is 2.05. The Morgan fingerprint density at radius 2 is 2.42 bits per heavy atom. The molecule has 2 heteroatoms. The molecule has 2 N–H and O–H groups in total. The van der Waals surface area contributed by atoms with Gasteiger partial charge in [0.1, 0.15) is 0 Å². The van der Waals surface area contributed by atoms with Crippen LogP contribution in [-0.4, -0.2) is 18.1 Å². The molecule has 2 rings (SSSR count). The van der Waals surface area contributed by atoms with Gasteiger partial charge in [-0.15, -0.1) is 0 Å². The minimum atomic E-state index is 0.736. The van der Waals surface area contributed by atoms with E-state index in [0.717, 1.165) is 19.0 Å². The van der Waals surface area contributed by atoms with Crippen LogP contribution in [0.5, 0.6) is 0 Å². The highest BCUT2D eigenvalue weighted by Gasteiger charge is 2.22. The van der Waals surface area contributed by atoms with Crippen LogP contribution in [0.4, 0.5) is 0 Å². The average Bonchev–Trinajstić information content (AvgIpc) is 2.54. The maximum absolute atomic E-state index is 5.72. The molecule has 1 aliphatic carbocycles. The molecule has 0 aromatic carbocycles. The van der Waals surface area contributed by atoms with Crippen molar-refractivity contribution in [3.05, 3.63) is 23.8 Å². The average molecular weight is 164 g/mol. The molecule has 66 valence electrons. The molecular weight excluding hydrogens is 148 g/mol. The first kappa shape index (κ1) is 8.02. The van der Waals surface area contributed by atoms with E-state index in [-0.39, 0.29) is 0 Å². The number of rotatable bonds is 1. The van der Waals surface area contributed by atoms with Gasteiger partial charge in [0, 0.05) is 13.1 Å². The Morgan fingerprint density at radius 3 is 3.00 bits per heavy atom. The standard InChI is InChI=1S/C10H16N2/c11-12-7-6-10(8-12)9-4-2-1-3-5-9/h1-2,4,10H,3,5-8,11H2. The van der Waals surface area contributed by atoms with E-state index in [2.05, 4.69) is 18.2 Å². The van der Waals surface area contributed by atoms with Crippen LogP contribution in [0, 0.1) is 5.92 Å². The Hall–Kier alpha value is -0.600. The Balaban J connectivity index is 2.00. The summed E-state index contributed by atoms with van der Waals surface area (Å²) in [5, 5.41) is 1.93. The van der Waals surface area contributed by atoms with E-state index in [4.69, 9.17) is 5.84 Å². The lowest BCUT2D eigenvalue weighted by atomic mass is 9.91. The molecule has 0 amide bonds. The molecule has 1 fully saturated rings. The van der Waals surface area contributed by atoms with Crippen LogP contribution in [0.2, 0.25) is 0 Å². The Kier molecular flexibility index (Phi) is 2.28. The molecular formula is C10H16N2. The van der Waals surface area contributed by atoms with Crippen molar-refractivity contribution < 1.29 is 0 Å². The zero-order chi connectivity index (χ0) is 8.39. The highest BCUT2D eigenvalue weighted by Crippen LogP contribution is 2.27. The molecule has 0 aromatic heterocycles. The Morgan fingerprint density at radius 1 is 1.50 bits per heavy atom. The van der Waals surface area contributed by atoms with Crippen molar-refractivity contribution in [3.8, 4) is 0 Å². The highest BCUT2D eigenvalue weighted by atomic mass is 15.4. The van der Waals surface area contributed by atoms with Gasteiger partial charge in [-0.3, -0.25) is 5.84 Å². The predicted molar refractivity (Wildman–Crippen MR) is 50.3 cm³/mol. The molecule has 0 aromatic rings. The summed E-state index contributed by atoms with van der Waals surface area (Å²) in [5.41, 5.74) is 1.60. The topological polar surface area (TPSA) is 29.3 Å². The molecule has 1 saturated heterocycles. The number of hydrogen-bond donors (Lipinski definition) is 1. The third kappa shape index (κ3) is 1.59. The van der Waals surface area contributed by atoms with Crippen LogP contribution in [-0.2, 0) is 0 Å². The fourth-order valence-corrected chi connectivity index (χ4v) is 2.05. The molecule has 1 aliphatic heterocycles. The Bertz CT molecular complexity index is 218. The van der Waals surface area contributed by atoms with Crippen molar-refractivity contribution in [3.63, 3.8) is 0 Å². The summed E-state index contributed by atoms with van der Waals surface area (Å²) >= 11 is 0. The van der Waals surface area contributed by atoms with Gasteiger partial charge in [0.25, 0.3) is 0 Å². The summed E-state index contributed by atoms with van der Waals surface area (Å²) in [4.78, 5) is 0. The summed E-state index contributed by atoms with van der Waals surface area (Å²) in [6.45, 7) is 2.12. The smallest absolute Gasteiger partial charge is 0.0194 e. The largest absolute Gasteiger partial charge is 0.269 e. The monoisotopic (exact) mass is 164 g/mol. The van der Waals surface area contributed by atoms with Gasteiger partial charge < -0.3 is 0 Å². The highest BCUT2D eigenvalue weighted by molar-refractivity contribution is 5.21. The third-order valence-corrected chi connectivity index (χ3v) is 2.79. The summed E-state index contributed by atoms with van der Waals surface area (Å²) in [6, 6.07) is 0. The fraction of sp³-hybridized carbons (Fsp3) is 0.600. The van der Waals surface area contributed by atoms with E-state index in [1.807, 2.05) is 5.01 Å². The first-order chi connectivity index (χ1) is 5.86. The van der Waals surface area contributed by atoms with E-state index >= 15 is 0 Å². The van der Waals surface area contributed by atoms with E-state index in [0.29, 0.717) is 0 Å². The van der Waals surface area contributed by atoms with Gasteiger partial charge in [-0.1, -0.05) is 23.8 Å². The zero-order valence-electron chi connectivity index (χ0n) is 7.37. The lowest BCUT2D eigenvalue weighted by Crippen LogP contribution is -2.28. The van der Waals surface area contributed by atoms with Crippen LogP contribution in [0.15, 0.2) is 23.8 Å². The molecule has 0 radical (unpaired) electrons. The van der Waals surface area contributed by atoms with E-state index < -0.39 is 0 Å². The quantitative estimate of drug-likeness (QED) is 0.594. The second-order valence-electron chi connectivity index (χ2n) is 3.69. The Labute approximate surface area is 73.7 Å². The van der Waals surface area contributed by atoms with Crippen molar-refractivity contribution in [2.75, 3.05) is 13.1 Å². The van der Waals surface area contributed by atoms with Crippen LogP contribution in [0.1, 0.15) is 19.3 Å². The van der Waals surface area contributed by atoms with Crippen molar-refractivity contribution in [2.45, 2.75) is 19.3 Å². The molecule has 1 heterocycles. The number of nitrogens with zero attached hydrogens (tertiary/aromatic N) is 1. The van der Waals surface area contributed by atoms with Crippen molar-refractivity contribution in [1.29, 1.82) is 0 Å². The van der Waals surface area contributed by atoms with Crippen molar-refractivity contribution in [1.82, 2.24) is 5.01 Å². The van der Waals surface area contributed by atoms with Gasteiger partial charge in [-0.05, 0) is 25.2 Å². The first-order valence-electron chi connectivity index (χ1n) is 4.71. The maximum Gasteiger partial charge on any atom is 0.0194 e. The number of hydrazine groups is 1. The van der Waals surface area contributed by atoms with Gasteiger partial charge in [0.05, 0.1) is 0 Å². The summed E-state index contributed by atoms with van der Waals surface area (Å²) < 4.78 is 0. The van der Waals surface area contributed by atoms with E-state index in [9.17, 15) is 0 Å². The second-order valence-corrected chi connectivity index (χ2v) is 3.69. The summed E-state index contributed by atoms with van der Waals surface area (Å²) in [5.74, 6) is 6.46. The van der Waals surface area contributed by atoms with Crippen LogP contribution < -0.4 is 5.84 Å². The minimum Gasteiger partial charge on any atom is -0.269 e. The minimum absolute atomic E-state index is 0.736. The lowest BCUT2D eigenvalue weighted by molar-refractivity contribution is 0.344. The van der Waals surface area contributed by atoms with Gasteiger partial charge in [0.2, 0.25) is 0 Å². The number of allylic oxidation sites excluding steroid dienone is 3. The normalized spacial score (nSPS) is 30.8. The molecule has 1 atom stereocenters. The van der Waals surface area contributed by atoms with Crippen LogP contribution in [0.3, 0.4) is 0 Å². The molecule has 0 spiro atoms. The van der Waals surface area contributed by atoms with Crippen LogP contribution in [0.25, 0.3) is 0 Å². The molecule has 0 bridgehead atoms. The predicted octanol–water partition coefficient (Wildman–Crippen LogP) is 1.46. The molecule has 2 nitrogen and oxygen atoms in total. The third-order valence-electron chi connectivity index (χ3n) is 2.79. The van der Waals surface area contributed by atoms with Crippen molar-refractivity contribution >= 4 is 0 Å². The lowest BCUT2D eigenvalue weighted by Gasteiger charge is -2.15. The summed E-state index contributed by atoms with van der Waals surface area (Å²) in [6.07, 6.45) is 10.4. The SMILES string of the molecule is NN1CCC(C2=CC=CCC2)C1. The first-order valence-corrected chi connectivity index (χ1v) is 4.71. The van der Waals surface area contributed by atoms with Crippen LogP contribution >= 0.6 is 0 Å². The molecule has 0 saturated carbocycles. The maximum atomic E-state index is 5.72. The molecule has 1 unspecified atom stereocenters. The number of nitrogens with two attached hydrogens (primary N) is 1. The van der Waals surface area contributed by atoms with Crippen molar-refractivity contribution in [2.24, 2.45) is 11.8 Å². The van der Waals surface area contributed by atoms with Gasteiger partial charge in [-0.2, -0.15) is 0 Å². The van der Waals surface area contributed by atoms with E-state index in [1.54, 1.807) is 5.57 Å². The van der Waals surface area contributed by atoms with Gasteiger partial charge >= 0.3 is 0 Å². The van der Waals surface area contributed by atoms with E-state index in [1.165, 1.54) is 19.3 Å². The molecule has 12 heavy (non-hydrogen) atoms. The zero-order valence-corrected chi connectivity index (χ0v) is 7.37.